The standard InChI is InChI=1S/C20H33NOS/c1-5-11-20(22-4)15-14-17(2)12-9-7-6-8-10-13-19-16-23-18(3)21-19/h7,9,12,16,20H,5-6,8,10-11,13-15H2,1-4H3/b9-7+,17-12+. The quantitative estimate of drug-likeness (QED) is 0.332. The molecule has 2 nitrogen and oxygen atoms in total. The number of hydrogen-bond donors (Lipinski definition) is 0. The molecule has 1 atom stereocenters. The molecule has 0 saturated heterocycles. The lowest BCUT2D eigenvalue weighted by Gasteiger charge is -2.13. The van der Waals surface area contributed by atoms with Gasteiger partial charge in [-0.15, -0.1) is 11.3 Å². The number of thiazole rings is 1. The van der Waals surface area contributed by atoms with Gasteiger partial charge in [-0.25, -0.2) is 4.98 Å². The Morgan fingerprint density at radius 2 is 2.17 bits per heavy atom. The Hall–Kier alpha value is -0.930. The summed E-state index contributed by atoms with van der Waals surface area (Å²) in [6, 6.07) is 0. The first-order valence-electron chi connectivity index (χ1n) is 8.91. The number of unbranched alkanes of at least 4 members (excludes halogenated alkanes) is 2. The van der Waals surface area contributed by atoms with Crippen molar-refractivity contribution in [3.8, 4) is 0 Å². The van der Waals surface area contributed by atoms with E-state index in [1.54, 1.807) is 11.3 Å². The Morgan fingerprint density at radius 3 is 2.83 bits per heavy atom. The van der Waals surface area contributed by atoms with Gasteiger partial charge in [0.1, 0.15) is 0 Å². The van der Waals surface area contributed by atoms with Gasteiger partial charge in [0.15, 0.2) is 0 Å². The third kappa shape index (κ3) is 9.72. The summed E-state index contributed by atoms with van der Waals surface area (Å²) in [7, 11) is 1.83. The summed E-state index contributed by atoms with van der Waals surface area (Å²) >= 11 is 1.75. The normalized spacial score (nSPS) is 13.8. The molecule has 1 aromatic heterocycles. The summed E-state index contributed by atoms with van der Waals surface area (Å²) in [4.78, 5) is 4.50. The first-order valence-corrected chi connectivity index (χ1v) is 9.79. The summed E-state index contributed by atoms with van der Waals surface area (Å²) < 4.78 is 5.50. The average Bonchev–Trinajstić information content (AvgIpc) is 2.95. The Kier molecular flexibility index (Phi) is 10.9. The largest absolute Gasteiger partial charge is 0.381 e. The second kappa shape index (κ2) is 12.5. The van der Waals surface area contributed by atoms with E-state index in [1.807, 2.05) is 7.11 Å². The highest BCUT2D eigenvalue weighted by molar-refractivity contribution is 7.09. The van der Waals surface area contributed by atoms with Crippen LogP contribution in [0.1, 0.15) is 69.5 Å². The average molecular weight is 336 g/mol. The van der Waals surface area contributed by atoms with Crippen molar-refractivity contribution in [2.75, 3.05) is 7.11 Å². The van der Waals surface area contributed by atoms with Crippen LogP contribution in [0.3, 0.4) is 0 Å². The molecule has 0 saturated carbocycles. The van der Waals surface area contributed by atoms with Gasteiger partial charge in [-0.3, -0.25) is 0 Å². The van der Waals surface area contributed by atoms with Gasteiger partial charge in [-0.2, -0.15) is 0 Å². The van der Waals surface area contributed by atoms with E-state index in [0.717, 1.165) is 32.1 Å². The van der Waals surface area contributed by atoms with Gasteiger partial charge in [0.05, 0.1) is 16.8 Å². The number of ether oxygens (including phenoxy) is 1. The number of methoxy groups -OCH3 is 1. The minimum Gasteiger partial charge on any atom is -0.381 e. The molecule has 0 spiro atoms. The molecule has 1 rings (SSSR count). The fourth-order valence-electron chi connectivity index (χ4n) is 2.59. The molecule has 0 N–H and O–H groups in total. The SMILES string of the molecule is CCCC(CC/C(C)=C/C=C/CCCCc1csc(C)n1)OC. The maximum Gasteiger partial charge on any atom is 0.0897 e. The van der Waals surface area contributed by atoms with Crippen LogP contribution in [-0.4, -0.2) is 18.2 Å². The van der Waals surface area contributed by atoms with E-state index in [1.165, 1.54) is 35.5 Å². The first-order chi connectivity index (χ1) is 11.2. The van der Waals surface area contributed by atoms with Crippen LogP contribution in [0.25, 0.3) is 0 Å². The zero-order valence-corrected chi connectivity index (χ0v) is 16.1. The van der Waals surface area contributed by atoms with Gasteiger partial charge >= 0.3 is 0 Å². The van der Waals surface area contributed by atoms with E-state index in [9.17, 15) is 0 Å². The Labute approximate surface area is 146 Å². The summed E-state index contributed by atoms with van der Waals surface area (Å²) in [5.41, 5.74) is 2.70. The predicted octanol–water partition coefficient (Wildman–Crippen LogP) is 6.26. The van der Waals surface area contributed by atoms with Crippen molar-refractivity contribution in [3.05, 3.63) is 39.9 Å². The minimum absolute atomic E-state index is 0.418. The highest BCUT2D eigenvalue weighted by Gasteiger charge is 2.05. The summed E-state index contributed by atoms with van der Waals surface area (Å²) in [6.07, 6.45) is 16.5. The van der Waals surface area contributed by atoms with E-state index in [2.05, 4.69) is 49.4 Å². The van der Waals surface area contributed by atoms with Gasteiger partial charge in [-0.1, -0.05) is 37.1 Å². The molecule has 1 unspecified atom stereocenters. The lowest BCUT2D eigenvalue weighted by molar-refractivity contribution is 0.0876. The van der Waals surface area contributed by atoms with Crippen molar-refractivity contribution in [2.45, 2.75) is 78.2 Å². The topological polar surface area (TPSA) is 22.1 Å². The van der Waals surface area contributed by atoms with Crippen molar-refractivity contribution in [1.82, 2.24) is 4.98 Å². The molecule has 130 valence electrons. The maximum absolute atomic E-state index is 5.50. The highest BCUT2D eigenvalue weighted by atomic mass is 32.1. The molecular formula is C20H33NOS. The molecular weight excluding hydrogens is 302 g/mol. The van der Waals surface area contributed by atoms with Gasteiger partial charge in [0.2, 0.25) is 0 Å². The van der Waals surface area contributed by atoms with E-state index in [-0.39, 0.29) is 0 Å². The molecule has 0 aliphatic carbocycles. The molecule has 0 fully saturated rings. The zero-order chi connectivity index (χ0) is 16.9. The lowest BCUT2D eigenvalue weighted by Crippen LogP contribution is -2.09. The van der Waals surface area contributed by atoms with Gasteiger partial charge in [0.25, 0.3) is 0 Å². The number of rotatable bonds is 12. The number of nitrogens with zero attached hydrogens (tertiary/aromatic N) is 1. The minimum atomic E-state index is 0.418. The highest BCUT2D eigenvalue weighted by Crippen LogP contribution is 2.14. The molecule has 0 amide bonds. The van der Waals surface area contributed by atoms with Crippen molar-refractivity contribution >= 4 is 11.3 Å². The van der Waals surface area contributed by atoms with E-state index in [0.29, 0.717) is 6.10 Å². The predicted molar refractivity (Wildman–Crippen MR) is 102 cm³/mol. The second-order valence-corrected chi connectivity index (χ2v) is 7.29. The number of allylic oxidation sites excluding steroid dienone is 4. The molecule has 1 heterocycles. The molecule has 0 aliphatic rings. The molecule has 3 heteroatoms. The van der Waals surface area contributed by atoms with Gasteiger partial charge in [-0.05, 0) is 58.8 Å². The molecule has 23 heavy (non-hydrogen) atoms. The van der Waals surface area contributed by atoms with E-state index >= 15 is 0 Å². The first kappa shape index (κ1) is 20.1. The van der Waals surface area contributed by atoms with Gasteiger partial charge < -0.3 is 4.74 Å². The zero-order valence-electron chi connectivity index (χ0n) is 15.3. The van der Waals surface area contributed by atoms with Crippen molar-refractivity contribution in [3.63, 3.8) is 0 Å². The molecule has 0 aromatic carbocycles. The van der Waals surface area contributed by atoms with Crippen LogP contribution >= 0.6 is 11.3 Å². The molecule has 0 radical (unpaired) electrons. The number of hydrogen-bond acceptors (Lipinski definition) is 3. The third-order valence-corrected chi connectivity index (χ3v) is 4.86. The monoisotopic (exact) mass is 335 g/mol. The Bertz CT molecular complexity index is 476. The van der Waals surface area contributed by atoms with Crippen molar-refractivity contribution in [2.24, 2.45) is 0 Å². The Balaban J connectivity index is 2.11. The summed E-state index contributed by atoms with van der Waals surface area (Å²) in [5, 5.41) is 3.36. The molecule has 0 bridgehead atoms. The van der Waals surface area contributed by atoms with Crippen LogP contribution in [0.15, 0.2) is 29.2 Å². The van der Waals surface area contributed by atoms with Crippen molar-refractivity contribution < 1.29 is 4.74 Å². The molecule has 1 aromatic rings. The lowest BCUT2D eigenvalue weighted by atomic mass is 10.0. The Morgan fingerprint density at radius 1 is 1.35 bits per heavy atom. The van der Waals surface area contributed by atoms with Crippen LogP contribution in [0, 0.1) is 6.92 Å². The number of aromatic nitrogens is 1. The van der Waals surface area contributed by atoms with Crippen molar-refractivity contribution in [1.29, 1.82) is 0 Å². The fraction of sp³-hybridized carbons (Fsp3) is 0.650. The van der Waals surface area contributed by atoms with Crippen LogP contribution in [0.4, 0.5) is 0 Å². The van der Waals surface area contributed by atoms with Crippen LogP contribution < -0.4 is 0 Å². The van der Waals surface area contributed by atoms with Crippen LogP contribution in [0.2, 0.25) is 0 Å². The van der Waals surface area contributed by atoms with E-state index in [4.69, 9.17) is 4.74 Å². The second-order valence-electron chi connectivity index (χ2n) is 6.23. The molecule has 0 aliphatic heterocycles. The maximum atomic E-state index is 5.50. The smallest absolute Gasteiger partial charge is 0.0897 e. The summed E-state index contributed by atoms with van der Waals surface area (Å²) in [5.74, 6) is 0. The fourth-order valence-corrected chi connectivity index (χ4v) is 3.24. The number of aryl methyl sites for hydroxylation is 2. The van der Waals surface area contributed by atoms with Crippen LogP contribution in [0.5, 0.6) is 0 Å². The summed E-state index contributed by atoms with van der Waals surface area (Å²) in [6.45, 7) is 6.50. The van der Waals surface area contributed by atoms with Crippen LogP contribution in [-0.2, 0) is 11.2 Å². The third-order valence-electron chi connectivity index (χ3n) is 4.04. The van der Waals surface area contributed by atoms with Gasteiger partial charge in [0, 0.05) is 12.5 Å². The van der Waals surface area contributed by atoms with E-state index < -0.39 is 0 Å².